The summed E-state index contributed by atoms with van der Waals surface area (Å²) in [6, 6.07) is 13.2. The van der Waals surface area contributed by atoms with Crippen LogP contribution in [0.5, 0.6) is 5.75 Å². The molecule has 1 aliphatic heterocycles. The first-order valence-electron chi connectivity index (χ1n) is 8.43. The number of hydrogen-bond donors (Lipinski definition) is 0. The highest BCUT2D eigenvalue weighted by Gasteiger charge is 2.27. The van der Waals surface area contributed by atoms with Gasteiger partial charge >= 0.3 is 0 Å². The van der Waals surface area contributed by atoms with Crippen molar-refractivity contribution in [3.8, 4) is 5.75 Å². The Bertz CT molecular complexity index is 836. The summed E-state index contributed by atoms with van der Waals surface area (Å²) in [5.74, 6) is 1.39. The number of aliphatic imine (C=N–C) groups is 1. The molecule has 6 heteroatoms. The molecule has 0 unspecified atom stereocenters. The number of thioether (sulfide) groups is 1. The van der Waals surface area contributed by atoms with Crippen molar-refractivity contribution in [1.82, 2.24) is 0 Å². The second-order valence-corrected chi connectivity index (χ2v) is 7.74. The highest BCUT2D eigenvalue weighted by atomic mass is 35.5. The van der Waals surface area contributed by atoms with Crippen LogP contribution in [-0.2, 0) is 4.79 Å². The predicted octanol–water partition coefficient (Wildman–Crippen LogP) is 4.86. The number of amidine groups is 1. The molecule has 26 heavy (non-hydrogen) atoms. The molecule has 0 bridgehead atoms. The fourth-order valence-corrected chi connectivity index (χ4v) is 3.73. The van der Waals surface area contributed by atoms with Gasteiger partial charge in [-0.05, 0) is 68.3 Å². The monoisotopic (exact) mass is 388 g/mol. The maximum absolute atomic E-state index is 12.9. The van der Waals surface area contributed by atoms with Crippen LogP contribution >= 0.6 is 23.4 Å². The van der Waals surface area contributed by atoms with Crippen LogP contribution in [0.1, 0.15) is 18.1 Å². The number of hydrogen-bond acceptors (Lipinski definition) is 4. The molecule has 0 saturated heterocycles. The van der Waals surface area contributed by atoms with E-state index in [4.69, 9.17) is 16.3 Å². The number of halogens is 1. The molecular weight excluding hydrogens is 368 g/mol. The zero-order valence-corrected chi connectivity index (χ0v) is 16.6. The Morgan fingerprint density at radius 3 is 2.58 bits per heavy atom. The molecule has 1 atom stereocenters. The number of anilines is 1. The van der Waals surface area contributed by atoms with Gasteiger partial charge in [0.05, 0.1) is 11.7 Å². The summed E-state index contributed by atoms with van der Waals surface area (Å²) in [5.41, 5.74) is 3.06. The van der Waals surface area contributed by atoms with Gasteiger partial charge in [0.15, 0.2) is 11.8 Å². The van der Waals surface area contributed by atoms with Gasteiger partial charge in [0, 0.05) is 10.8 Å². The average molecular weight is 389 g/mol. The number of amides is 1. The number of carbonyl (C=O) groups excluding carboxylic acids is 1. The standard InChI is InChI=1S/C20H21ClN2O2S/c1-13-4-9-18(10-14(13)2)25-11-19(24)23(20-22-15(3)12-26-20)17-7-5-16(21)6-8-17/h4-10,15H,11-12H2,1-3H3/t15-/m0/s1. The SMILES string of the molecule is Cc1ccc(OCC(=O)N(C2=N[C@@H](C)CS2)c2ccc(Cl)cc2)cc1C. The summed E-state index contributed by atoms with van der Waals surface area (Å²) in [6.07, 6.45) is 0. The topological polar surface area (TPSA) is 41.9 Å². The van der Waals surface area contributed by atoms with Crippen LogP contribution in [0.4, 0.5) is 5.69 Å². The minimum absolute atomic E-state index is 0.0565. The molecular formula is C20H21ClN2O2S. The van der Waals surface area contributed by atoms with E-state index in [0.29, 0.717) is 15.9 Å². The van der Waals surface area contributed by atoms with Crippen molar-refractivity contribution >= 4 is 40.1 Å². The molecule has 0 N–H and O–H groups in total. The molecule has 3 rings (SSSR count). The third kappa shape index (κ3) is 4.40. The molecule has 0 fully saturated rings. The van der Waals surface area contributed by atoms with E-state index in [0.717, 1.165) is 17.0 Å². The maximum Gasteiger partial charge on any atom is 0.271 e. The molecule has 0 aliphatic carbocycles. The van der Waals surface area contributed by atoms with E-state index >= 15 is 0 Å². The lowest BCUT2D eigenvalue weighted by Crippen LogP contribution is -2.38. The van der Waals surface area contributed by atoms with E-state index in [1.54, 1.807) is 28.8 Å². The Morgan fingerprint density at radius 2 is 1.96 bits per heavy atom. The lowest BCUT2D eigenvalue weighted by Gasteiger charge is -2.22. The van der Waals surface area contributed by atoms with E-state index in [-0.39, 0.29) is 18.6 Å². The predicted molar refractivity (Wildman–Crippen MR) is 110 cm³/mol. The first-order chi connectivity index (χ1) is 12.4. The fourth-order valence-electron chi connectivity index (χ4n) is 2.55. The number of rotatable bonds is 4. The van der Waals surface area contributed by atoms with Gasteiger partial charge in [-0.25, -0.2) is 0 Å². The molecule has 0 radical (unpaired) electrons. The quantitative estimate of drug-likeness (QED) is 0.751. The second-order valence-electron chi connectivity index (χ2n) is 6.31. The summed E-state index contributed by atoms with van der Waals surface area (Å²) >= 11 is 7.56. The van der Waals surface area contributed by atoms with E-state index in [1.807, 2.05) is 51.1 Å². The average Bonchev–Trinajstić information content (AvgIpc) is 3.04. The van der Waals surface area contributed by atoms with E-state index < -0.39 is 0 Å². The first-order valence-corrected chi connectivity index (χ1v) is 9.79. The molecule has 2 aromatic rings. The molecule has 0 saturated carbocycles. The van der Waals surface area contributed by atoms with Crippen LogP contribution in [0, 0.1) is 13.8 Å². The Labute approximate surface area is 163 Å². The maximum atomic E-state index is 12.9. The van der Waals surface area contributed by atoms with Crippen molar-refractivity contribution in [3.05, 3.63) is 58.6 Å². The summed E-state index contributed by atoms with van der Waals surface area (Å²) in [6.45, 7) is 6.05. The number of benzene rings is 2. The molecule has 0 spiro atoms. The van der Waals surface area contributed by atoms with Gasteiger partial charge in [0.1, 0.15) is 5.75 Å². The minimum atomic E-state index is -0.161. The normalized spacial score (nSPS) is 16.3. The van der Waals surface area contributed by atoms with Crippen LogP contribution in [0.15, 0.2) is 47.5 Å². The fraction of sp³-hybridized carbons (Fsp3) is 0.300. The van der Waals surface area contributed by atoms with Crippen molar-refractivity contribution in [3.63, 3.8) is 0 Å². The number of nitrogens with zero attached hydrogens (tertiary/aromatic N) is 2. The largest absolute Gasteiger partial charge is 0.484 e. The summed E-state index contributed by atoms with van der Waals surface area (Å²) in [7, 11) is 0. The lowest BCUT2D eigenvalue weighted by molar-refractivity contribution is -0.119. The van der Waals surface area contributed by atoms with Gasteiger partial charge in [-0.1, -0.05) is 29.4 Å². The lowest BCUT2D eigenvalue weighted by atomic mass is 10.1. The van der Waals surface area contributed by atoms with Crippen molar-refractivity contribution < 1.29 is 9.53 Å². The van der Waals surface area contributed by atoms with Gasteiger partial charge < -0.3 is 4.74 Å². The summed E-state index contributed by atoms with van der Waals surface area (Å²) in [5, 5.41) is 1.33. The zero-order valence-electron chi connectivity index (χ0n) is 15.0. The van der Waals surface area contributed by atoms with Crippen LogP contribution in [0.3, 0.4) is 0 Å². The molecule has 4 nitrogen and oxygen atoms in total. The van der Waals surface area contributed by atoms with E-state index in [1.165, 1.54) is 5.56 Å². The van der Waals surface area contributed by atoms with Crippen LogP contribution in [0.25, 0.3) is 0 Å². The third-order valence-corrected chi connectivity index (χ3v) is 5.60. The highest BCUT2D eigenvalue weighted by Crippen LogP contribution is 2.27. The highest BCUT2D eigenvalue weighted by molar-refractivity contribution is 8.14. The van der Waals surface area contributed by atoms with Crippen molar-refractivity contribution in [2.24, 2.45) is 4.99 Å². The Hall–Kier alpha value is -1.98. The van der Waals surface area contributed by atoms with Gasteiger partial charge in [0.25, 0.3) is 5.91 Å². The molecule has 0 aromatic heterocycles. The molecule has 1 heterocycles. The Morgan fingerprint density at radius 1 is 1.23 bits per heavy atom. The molecule has 1 amide bonds. The molecule has 136 valence electrons. The van der Waals surface area contributed by atoms with Crippen molar-refractivity contribution in [2.45, 2.75) is 26.8 Å². The molecule has 2 aromatic carbocycles. The molecule has 1 aliphatic rings. The zero-order chi connectivity index (χ0) is 18.7. The van der Waals surface area contributed by atoms with Crippen LogP contribution in [-0.4, -0.2) is 29.5 Å². The minimum Gasteiger partial charge on any atom is -0.484 e. The van der Waals surface area contributed by atoms with Gasteiger partial charge in [-0.3, -0.25) is 14.7 Å². The third-order valence-electron chi connectivity index (χ3n) is 4.15. The number of ether oxygens (including phenoxy) is 1. The number of aryl methyl sites for hydroxylation is 2. The van der Waals surface area contributed by atoms with Gasteiger partial charge in [-0.2, -0.15) is 0 Å². The Balaban J connectivity index is 1.79. The first kappa shape index (κ1) is 18.8. The second kappa shape index (κ2) is 8.14. The smallest absolute Gasteiger partial charge is 0.271 e. The van der Waals surface area contributed by atoms with Gasteiger partial charge in [-0.15, -0.1) is 0 Å². The van der Waals surface area contributed by atoms with Crippen LogP contribution in [0.2, 0.25) is 5.02 Å². The van der Waals surface area contributed by atoms with Crippen LogP contribution < -0.4 is 9.64 Å². The van der Waals surface area contributed by atoms with E-state index in [2.05, 4.69) is 4.99 Å². The number of carbonyl (C=O) groups is 1. The summed E-state index contributed by atoms with van der Waals surface area (Å²) in [4.78, 5) is 19.1. The Kier molecular flexibility index (Phi) is 5.89. The van der Waals surface area contributed by atoms with Crippen molar-refractivity contribution in [2.75, 3.05) is 17.3 Å². The summed E-state index contributed by atoms with van der Waals surface area (Å²) < 4.78 is 5.73. The van der Waals surface area contributed by atoms with Gasteiger partial charge in [0.2, 0.25) is 0 Å². The van der Waals surface area contributed by atoms with E-state index in [9.17, 15) is 4.79 Å². The van der Waals surface area contributed by atoms with Crippen molar-refractivity contribution in [1.29, 1.82) is 0 Å².